The second-order valence-electron chi connectivity index (χ2n) is 9.45. The lowest BCUT2D eigenvalue weighted by atomic mass is 9.78. The van der Waals surface area contributed by atoms with Crippen molar-refractivity contribution in [3.05, 3.63) is 23.8 Å². The van der Waals surface area contributed by atoms with Gasteiger partial charge in [0.2, 0.25) is 11.9 Å². The third kappa shape index (κ3) is 3.32. The summed E-state index contributed by atoms with van der Waals surface area (Å²) in [7, 11) is -0.432. The van der Waals surface area contributed by atoms with Crippen LogP contribution in [0.1, 0.15) is 65.4 Å². The first-order valence-corrected chi connectivity index (χ1v) is 10.5. The van der Waals surface area contributed by atoms with Gasteiger partial charge in [0.05, 0.1) is 11.2 Å². The van der Waals surface area contributed by atoms with Gasteiger partial charge in [-0.1, -0.05) is 18.6 Å². The third-order valence-corrected chi connectivity index (χ3v) is 6.85. The van der Waals surface area contributed by atoms with Gasteiger partial charge in [0.1, 0.15) is 5.66 Å². The van der Waals surface area contributed by atoms with Crippen molar-refractivity contribution in [3.8, 4) is 0 Å². The van der Waals surface area contributed by atoms with Crippen LogP contribution in [0.2, 0.25) is 0 Å². The number of guanidine groups is 2. The number of anilines is 1. The van der Waals surface area contributed by atoms with Crippen LogP contribution in [0.3, 0.4) is 0 Å². The van der Waals surface area contributed by atoms with Crippen LogP contribution in [-0.4, -0.2) is 35.9 Å². The minimum Gasteiger partial charge on any atom is -0.399 e. The van der Waals surface area contributed by atoms with Gasteiger partial charge in [-0.25, -0.2) is 4.99 Å². The van der Waals surface area contributed by atoms with Gasteiger partial charge in [0.15, 0.2) is 0 Å². The quantitative estimate of drug-likeness (QED) is 0.747. The Bertz CT molecular complexity index is 858. The van der Waals surface area contributed by atoms with Crippen molar-refractivity contribution in [1.29, 1.82) is 0 Å². The Labute approximate surface area is 173 Å². The molecule has 1 spiro atoms. The molecule has 0 atom stereocenters. The van der Waals surface area contributed by atoms with Crippen LogP contribution >= 0.6 is 0 Å². The van der Waals surface area contributed by atoms with E-state index >= 15 is 0 Å². The number of aryl methyl sites for hydroxylation is 1. The second kappa shape index (κ2) is 6.74. The molecule has 4 rings (SSSR count). The fourth-order valence-electron chi connectivity index (χ4n) is 4.46. The summed E-state index contributed by atoms with van der Waals surface area (Å²) < 4.78 is 12.5. The molecule has 7 nitrogen and oxygen atoms in total. The lowest BCUT2D eigenvalue weighted by molar-refractivity contribution is 0.00578. The molecule has 1 saturated carbocycles. The van der Waals surface area contributed by atoms with Crippen LogP contribution in [0.4, 0.5) is 5.69 Å². The van der Waals surface area contributed by atoms with Gasteiger partial charge in [0.25, 0.3) is 0 Å². The van der Waals surface area contributed by atoms with E-state index in [1.165, 1.54) is 6.42 Å². The predicted molar refractivity (Wildman–Crippen MR) is 118 cm³/mol. The molecular weight excluding hydrogens is 365 g/mol. The molecule has 8 heteroatoms. The van der Waals surface area contributed by atoms with Gasteiger partial charge in [-0.05, 0) is 77.4 Å². The molecule has 1 aliphatic carbocycles. The molecule has 156 valence electrons. The van der Waals surface area contributed by atoms with Gasteiger partial charge in [0, 0.05) is 5.69 Å². The van der Waals surface area contributed by atoms with Crippen molar-refractivity contribution in [3.63, 3.8) is 0 Å². The van der Waals surface area contributed by atoms with Gasteiger partial charge in [-0.3, -0.25) is 4.90 Å². The lowest BCUT2D eigenvalue weighted by Gasteiger charge is -2.46. The van der Waals surface area contributed by atoms with Crippen molar-refractivity contribution in [2.24, 2.45) is 21.5 Å². The summed E-state index contributed by atoms with van der Waals surface area (Å²) in [6.07, 6.45) is 5.20. The smallest absolute Gasteiger partial charge is 0.399 e. The van der Waals surface area contributed by atoms with E-state index in [0.29, 0.717) is 5.96 Å². The van der Waals surface area contributed by atoms with Crippen molar-refractivity contribution >= 4 is 30.2 Å². The summed E-state index contributed by atoms with van der Waals surface area (Å²) in [6, 6.07) is 6.25. The molecule has 2 aliphatic heterocycles. The summed E-state index contributed by atoms with van der Waals surface area (Å²) >= 11 is 0. The first-order chi connectivity index (χ1) is 13.5. The fraction of sp³-hybridized carbons (Fsp3) is 0.619. The fourth-order valence-corrected chi connectivity index (χ4v) is 4.46. The summed E-state index contributed by atoms with van der Waals surface area (Å²) in [4.78, 5) is 11.2. The first kappa shape index (κ1) is 20.2. The molecule has 0 amide bonds. The monoisotopic (exact) mass is 397 g/mol. The molecule has 0 aromatic heterocycles. The van der Waals surface area contributed by atoms with E-state index in [9.17, 15) is 0 Å². The van der Waals surface area contributed by atoms with E-state index in [1.807, 2.05) is 0 Å². The number of hydrogen-bond acceptors (Lipinski definition) is 7. The highest BCUT2D eigenvalue weighted by Gasteiger charge is 2.52. The number of aliphatic imine (C=N–C) groups is 2. The molecule has 0 bridgehead atoms. The number of rotatable bonds is 2. The third-order valence-electron chi connectivity index (χ3n) is 6.85. The van der Waals surface area contributed by atoms with Crippen LogP contribution in [0.25, 0.3) is 0 Å². The Hall–Kier alpha value is -2.06. The molecule has 2 heterocycles. The van der Waals surface area contributed by atoms with Crippen molar-refractivity contribution < 1.29 is 9.31 Å². The Morgan fingerprint density at radius 2 is 1.62 bits per heavy atom. The lowest BCUT2D eigenvalue weighted by Crippen LogP contribution is -2.58. The van der Waals surface area contributed by atoms with E-state index < -0.39 is 24.0 Å². The minimum absolute atomic E-state index is 0.264. The molecule has 0 unspecified atom stereocenters. The molecular formula is C21H32BN5O2. The van der Waals surface area contributed by atoms with E-state index in [-0.39, 0.29) is 5.96 Å². The average Bonchev–Trinajstić information content (AvgIpc) is 2.84. The van der Waals surface area contributed by atoms with Crippen molar-refractivity contribution in [2.45, 2.75) is 83.6 Å². The van der Waals surface area contributed by atoms with E-state index in [4.69, 9.17) is 25.8 Å². The van der Waals surface area contributed by atoms with E-state index in [2.05, 4.69) is 62.7 Å². The number of nitrogens with zero attached hydrogens (tertiary/aromatic N) is 3. The predicted octanol–water partition coefficient (Wildman–Crippen LogP) is 2.40. The highest BCUT2D eigenvalue weighted by Crippen LogP contribution is 2.41. The number of nitrogens with two attached hydrogens (primary N) is 2. The van der Waals surface area contributed by atoms with Crippen LogP contribution in [0.5, 0.6) is 0 Å². The molecule has 29 heavy (non-hydrogen) atoms. The molecule has 1 saturated heterocycles. The second-order valence-corrected chi connectivity index (χ2v) is 9.45. The van der Waals surface area contributed by atoms with Gasteiger partial charge in [-0.2, -0.15) is 4.99 Å². The largest absolute Gasteiger partial charge is 0.494 e. The van der Waals surface area contributed by atoms with Crippen molar-refractivity contribution in [2.75, 3.05) is 4.90 Å². The average molecular weight is 397 g/mol. The maximum Gasteiger partial charge on any atom is 0.494 e. The van der Waals surface area contributed by atoms with Crippen molar-refractivity contribution in [1.82, 2.24) is 0 Å². The van der Waals surface area contributed by atoms with Crippen LogP contribution < -0.4 is 21.8 Å². The summed E-state index contributed by atoms with van der Waals surface area (Å²) in [5.41, 5.74) is 14.2. The van der Waals surface area contributed by atoms with Crippen LogP contribution in [0, 0.1) is 6.92 Å². The topological polar surface area (TPSA) is 98.5 Å². The number of hydrogen-bond donors (Lipinski definition) is 2. The van der Waals surface area contributed by atoms with Crippen LogP contribution in [-0.2, 0) is 9.31 Å². The molecule has 3 aliphatic rings. The number of benzene rings is 1. The molecule has 4 N–H and O–H groups in total. The maximum absolute atomic E-state index is 6.42. The molecule has 1 aromatic rings. The van der Waals surface area contributed by atoms with Crippen LogP contribution in [0.15, 0.2) is 28.2 Å². The Balaban J connectivity index is 1.75. The molecule has 1 aromatic carbocycles. The maximum atomic E-state index is 6.42. The van der Waals surface area contributed by atoms with Gasteiger partial charge in [-0.15, -0.1) is 0 Å². The Morgan fingerprint density at radius 3 is 2.24 bits per heavy atom. The Kier molecular flexibility index (Phi) is 4.70. The summed E-state index contributed by atoms with van der Waals surface area (Å²) in [6.45, 7) is 10.3. The summed E-state index contributed by atoms with van der Waals surface area (Å²) in [5, 5.41) is 0. The zero-order chi connectivity index (χ0) is 21.0. The summed E-state index contributed by atoms with van der Waals surface area (Å²) in [5.74, 6) is 0.661. The Morgan fingerprint density at radius 1 is 1.00 bits per heavy atom. The molecule has 0 radical (unpaired) electrons. The highest BCUT2D eigenvalue weighted by molar-refractivity contribution is 6.62. The zero-order valence-electron chi connectivity index (χ0n) is 18.2. The van der Waals surface area contributed by atoms with Gasteiger partial charge >= 0.3 is 7.12 Å². The SMILES string of the molecule is Cc1ccc(B2OC(C)(C)C(C)(C)O2)cc1N1C(N)=NC(N)=NC12CCCCC2. The molecule has 2 fully saturated rings. The highest BCUT2D eigenvalue weighted by atomic mass is 16.7. The normalized spacial score (nSPS) is 25.1. The first-order valence-electron chi connectivity index (χ1n) is 10.5. The van der Waals surface area contributed by atoms with E-state index in [1.54, 1.807) is 0 Å². The standard InChI is InChI=1S/C21H32BN5O2/c1-14-9-10-15(22-28-19(2,3)20(4,5)29-22)13-16(14)27-18(24)25-17(23)26-21(27)11-7-6-8-12-21/h9-10,13H,6-8,11-12H2,1-5H3,(H4,23,24,25,26). The zero-order valence-corrected chi connectivity index (χ0v) is 18.2. The van der Waals surface area contributed by atoms with Gasteiger partial charge < -0.3 is 20.8 Å². The van der Waals surface area contributed by atoms with E-state index in [0.717, 1.165) is 42.4 Å². The minimum atomic E-state index is -0.465.